The minimum absolute atomic E-state index is 0.0773. The van der Waals surface area contributed by atoms with Gasteiger partial charge in [-0.05, 0) is 73.8 Å². The van der Waals surface area contributed by atoms with Gasteiger partial charge in [0.25, 0.3) is 0 Å². The quantitative estimate of drug-likeness (QED) is 0.190. The van der Waals surface area contributed by atoms with Gasteiger partial charge in [0.05, 0.1) is 16.8 Å². The van der Waals surface area contributed by atoms with Crippen LogP contribution in [0.2, 0.25) is 0 Å². The highest BCUT2D eigenvalue weighted by Gasteiger charge is 2.52. The molecule has 238 valence electrons. The van der Waals surface area contributed by atoms with E-state index in [4.69, 9.17) is 4.98 Å². The molecule has 0 radical (unpaired) electrons. The Kier molecular flexibility index (Phi) is 6.59. The molecular formula is C49H31NO. The third-order valence-corrected chi connectivity index (χ3v) is 10.7. The van der Waals surface area contributed by atoms with Gasteiger partial charge in [-0.3, -0.25) is 4.79 Å². The lowest BCUT2D eigenvalue weighted by Gasteiger charge is -2.39. The van der Waals surface area contributed by atoms with Crippen molar-refractivity contribution in [2.75, 3.05) is 0 Å². The van der Waals surface area contributed by atoms with Crippen LogP contribution >= 0.6 is 0 Å². The van der Waals surface area contributed by atoms with E-state index in [2.05, 4.69) is 158 Å². The normalized spacial score (nSPS) is 13.3. The minimum atomic E-state index is -0.646. The van der Waals surface area contributed by atoms with Gasteiger partial charge in [0.1, 0.15) is 0 Å². The van der Waals surface area contributed by atoms with Crippen molar-refractivity contribution in [1.29, 1.82) is 0 Å². The van der Waals surface area contributed by atoms with Crippen LogP contribution in [-0.4, -0.2) is 10.8 Å². The van der Waals surface area contributed by atoms with Gasteiger partial charge in [-0.2, -0.15) is 0 Å². The van der Waals surface area contributed by atoms with Gasteiger partial charge in [0.2, 0.25) is 0 Å². The number of rotatable bonds is 4. The third kappa shape index (κ3) is 4.36. The third-order valence-electron chi connectivity index (χ3n) is 10.7. The number of nitrogens with zero attached hydrogens (tertiary/aromatic N) is 1. The second-order valence-electron chi connectivity index (χ2n) is 13.4. The van der Waals surface area contributed by atoms with Crippen molar-refractivity contribution in [3.8, 4) is 55.9 Å². The Balaban J connectivity index is 1.26. The molecule has 0 N–H and O–H groups in total. The highest BCUT2D eigenvalue weighted by Crippen LogP contribution is 2.60. The molecule has 2 aliphatic carbocycles. The fourth-order valence-corrected chi connectivity index (χ4v) is 8.53. The largest absolute Gasteiger partial charge is 0.289 e. The van der Waals surface area contributed by atoms with Gasteiger partial charge < -0.3 is 0 Å². The van der Waals surface area contributed by atoms with Crippen molar-refractivity contribution in [1.82, 2.24) is 4.98 Å². The van der Waals surface area contributed by atoms with E-state index in [1.807, 2.05) is 30.3 Å². The highest BCUT2D eigenvalue weighted by atomic mass is 16.1. The Bertz CT molecular complexity index is 2610. The molecule has 0 atom stereocenters. The minimum Gasteiger partial charge on any atom is -0.289 e. The van der Waals surface area contributed by atoms with Crippen LogP contribution in [0.1, 0.15) is 38.2 Å². The molecule has 7 aromatic carbocycles. The van der Waals surface area contributed by atoms with Crippen molar-refractivity contribution >= 4 is 5.78 Å². The second-order valence-corrected chi connectivity index (χ2v) is 13.4. The SMILES string of the molecule is O=C1c2ccccc2C2(c3ccccc31)c1ccccc1-c1c(-c3cc(-c4ccccc4)cc(-c4cccc(-c5ccccc5)c4)n3)cccc12. The molecule has 1 heterocycles. The standard InChI is InChI=1S/C49H31NO/c51-48-38-22-8-11-26-42(38)49(43-27-12-9-23-39(43)48)41-25-10-7-21-37(41)47-40(24-14-28-44(47)49)46-31-36(33-17-5-2-6-18-33)30-45(50-46)35-20-13-19-34(29-35)32-15-3-1-4-16-32/h1-31H. The molecule has 10 rings (SSSR count). The van der Waals surface area contributed by atoms with Crippen molar-refractivity contribution in [3.63, 3.8) is 0 Å². The number of carbonyl (C=O) groups excluding carboxylic acids is 1. The summed E-state index contributed by atoms with van der Waals surface area (Å²) in [4.78, 5) is 19.5. The van der Waals surface area contributed by atoms with Crippen LogP contribution < -0.4 is 0 Å². The summed E-state index contributed by atoms with van der Waals surface area (Å²) in [7, 11) is 0. The number of carbonyl (C=O) groups is 1. The monoisotopic (exact) mass is 649 g/mol. The first-order valence-corrected chi connectivity index (χ1v) is 17.4. The molecule has 1 spiro atoms. The maximum atomic E-state index is 14.0. The van der Waals surface area contributed by atoms with Gasteiger partial charge >= 0.3 is 0 Å². The molecule has 51 heavy (non-hydrogen) atoms. The van der Waals surface area contributed by atoms with E-state index in [1.54, 1.807) is 0 Å². The summed E-state index contributed by atoms with van der Waals surface area (Å²) in [5.74, 6) is 0.0773. The number of aromatic nitrogens is 1. The van der Waals surface area contributed by atoms with E-state index in [1.165, 1.54) is 22.3 Å². The van der Waals surface area contributed by atoms with Crippen LogP contribution in [0.5, 0.6) is 0 Å². The predicted octanol–water partition coefficient (Wildman–Crippen LogP) is 11.7. The smallest absolute Gasteiger partial charge is 0.193 e. The van der Waals surface area contributed by atoms with E-state index in [0.717, 1.165) is 67.0 Å². The lowest BCUT2D eigenvalue weighted by Crippen LogP contribution is -2.36. The molecule has 1 aromatic heterocycles. The van der Waals surface area contributed by atoms with Crippen molar-refractivity contribution in [3.05, 3.63) is 221 Å². The fraction of sp³-hybridized carbons (Fsp3) is 0.0204. The average molecular weight is 650 g/mol. The van der Waals surface area contributed by atoms with Crippen LogP contribution in [0.4, 0.5) is 0 Å². The van der Waals surface area contributed by atoms with E-state index in [9.17, 15) is 4.79 Å². The zero-order valence-corrected chi connectivity index (χ0v) is 27.8. The maximum Gasteiger partial charge on any atom is 0.193 e. The van der Waals surface area contributed by atoms with E-state index in [0.29, 0.717) is 0 Å². The molecule has 8 aromatic rings. The van der Waals surface area contributed by atoms with Gasteiger partial charge in [-0.1, -0.05) is 170 Å². The van der Waals surface area contributed by atoms with Crippen molar-refractivity contribution < 1.29 is 4.79 Å². The van der Waals surface area contributed by atoms with Gasteiger partial charge in [0.15, 0.2) is 5.78 Å². The number of pyridine rings is 1. The Labute approximate surface area is 297 Å². The Morgan fingerprint density at radius 2 is 0.784 bits per heavy atom. The highest BCUT2D eigenvalue weighted by molar-refractivity contribution is 6.15. The van der Waals surface area contributed by atoms with Gasteiger partial charge in [-0.25, -0.2) is 4.98 Å². The number of hydrogen-bond donors (Lipinski definition) is 0. The molecule has 0 amide bonds. The fourth-order valence-electron chi connectivity index (χ4n) is 8.53. The molecule has 0 saturated heterocycles. The summed E-state index contributed by atoms with van der Waals surface area (Å²) >= 11 is 0. The first-order valence-electron chi connectivity index (χ1n) is 17.4. The number of ketones is 1. The first-order chi connectivity index (χ1) is 25.2. The Morgan fingerprint density at radius 1 is 0.333 bits per heavy atom. The molecule has 2 nitrogen and oxygen atoms in total. The lowest BCUT2D eigenvalue weighted by atomic mass is 9.61. The van der Waals surface area contributed by atoms with Crippen molar-refractivity contribution in [2.24, 2.45) is 0 Å². The molecule has 0 unspecified atom stereocenters. The zero-order valence-electron chi connectivity index (χ0n) is 27.8. The molecule has 2 aliphatic rings. The van der Waals surface area contributed by atoms with Gasteiger partial charge in [0, 0.05) is 22.3 Å². The second kappa shape index (κ2) is 11.5. The predicted molar refractivity (Wildman–Crippen MR) is 207 cm³/mol. The van der Waals surface area contributed by atoms with Crippen LogP contribution in [0.25, 0.3) is 55.9 Å². The van der Waals surface area contributed by atoms with Crippen LogP contribution in [0.15, 0.2) is 188 Å². The first kappa shape index (κ1) is 29.3. The summed E-state index contributed by atoms with van der Waals surface area (Å²) in [6.07, 6.45) is 0. The maximum absolute atomic E-state index is 14.0. The molecular weight excluding hydrogens is 619 g/mol. The average Bonchev–Trinajstić information content (AvgIpc) is 3.51. The zero-order chi connectivity index (χ0) is 33.9. The summed E-state index contributed by atoms with van der Waals surface area (Å²) in [5.41, 5.74) is 16.2. The number of benzene rings is 7. The van der Waals surface area contributed by atoms with Crippen LogP contribution in [-0.2, 0) is 5.41 Å². The topological polar surface area (TPSA) is 30.0 Å². The molecule has 2 heteroatoms. The van der Waals surface area contributed by atoms with Crippen LogP contribution in [0, 0.1) is 0 Å². The van der Waals surface area contributed by atoms with Gasteiger partial charge in [-0.15, -0.1) is 0 Å². The molecule has 0 saturated carbocycles. The summed E-state index contributed by atoms with van der Waals surface area (Å²) < 4.78 is 0. The summed E-state index contributed by atoms with van der Waals surface area (Å²) in [6, 6.07) is 65.9. The summed E-state index contributed by atoms with van der Waals surface area (Å²) in [6.45, 7) is 0. The molecule has 0 aliphatic heterocycles. The van der Waals surface area contributed by atoms with E-state index < -0.39 is 5.41 Å². The van der Waals surface area contributed by atoms with Crippen LogP contribution in [0.3, 0.4) is 0 Å². The molecule has 0 fully saturated rings. The molecule has 0 bridgehead atoms. The number of hydrogen-bond acceptors (Lipinski definition) is 2. The van der Waals surface area contributed by atoms with E-state index in [-0.39, 0.29) is 5.78 Å². The Morgan fingerprint density at radius 3 is 1.45 bits per heavy atom. The number of fused-ring (bicyclic) bond motifs is 9. The van der Waals surface area contributed by atoms with E-state index >= 15 is 0 Å². The summed E-state index contributed by atoms with van der Waals surface area (Å²) in [5, 5.41) is 0. The van der Waals surface area contributed by atoms with Crippen molar-refractivity contribution in [2.45, 2.75) is 5.41 Å². The Hall–Kier alpha value is -6.64. The lowest BCUT2D eigenvalue weighted by molar-refractivity contribution is 0.103.